The minimum Gasteiger partial charge on any atom is -0.325 e. The molecule has 0 saturated carbocycles. The molecule has 1 amide bonds. The molecule has 0 aliphatic heterocycles. The standard InChI is InChI=1S/C16H22N4OS/c1-4-12(3)13-6-8-14(9-7-13)18-15(21)10-22-16-19-17-11-20(16)5-2/h6-9,11-12H,4-5,10H2,1-3H3,(H,18,21)/t12-/m1/s1. The van der Waals surface area contributed by atoms with Gasteiger partial charge in [0.25, 0.3) is 0 Å². The number of carbonyl (C=O) groups excluding carboxylic acids is 1. The van der Waals surface area contributed by atoms with Crippen LogP contribution in [-0.4, -0.2) is 26.4 Å². The highest BCUT2D eigenvalue weighted by atomic mass is 32.2. The van der Waals surface area contributed by atoms with Crippen molar-refractivity contribution in [2.24, 2.45) is 0 Å². The number of rotatable bonds is 7. The topological polar surface area (TPSA) is 59.8 Å². The zero-order valence-electron chi connectivity index (χ0n) is 13.2. The van der Waals surface area contributed by atoms with E-state index < -0.39 is 0 Å². The second-order valence-electron chi connectivity index (χ2n) is 5.17. The Balaban J connectivity index is 1.86. The first-order valence-electron chi connectivity index (χ1n) is 7.54. The maximum Gasteiger partial charge on any atom is 0.234 e. The van der Waals surface area contributed by atoms with Crippen LogP contribution in [0.1, 0.15) is 38.7 Å². The van der Waals surface area contributed by atoms with Crippen molar-refractivity contribution in [2.75, 3.05) is 11.1 Å². The van der Waals surface area contributed by atoms with Crippen molar-refractivity contribution in [3.05, 3.63) is 36.2 Å². The number of carbonyl (C=O) groups is 1. The van der Waals surface area contributed by atoms with Gasteiger partial charge in [-0.3, -0.25) is 4.79 Å². The SMILES string of the molecule is CC[C@@H](C)c1ccc(NC(=O)CSc2nncn2CC)cc1. The van der Waals surface area contributed by atoms with Crippen LogP contribution in [0.15, 0.2) is 35.7 Å². The lowest BCUT2D eigenvalue weighted by molar-refractivity contribution is -0.113. The molecule has 2 rings (SSSR count). The van der Waals surface area contributed by atoms with Gasteiger partial charge in [-0.05, 0) is 37.0 Å². The molecule has 0 unspecified atom stereocenters. The number of hydrogen-bond acceptors (Lipinski definition) is 4. The van der Waals surface area contributed by atoms with Crippen LogP contribution in [0.2, 0.25) is 0 Å². The van der Waals surface area contributed by atoms with E-state index in [9.17, 15) is 4.79 Å². The average Bonchev–Trinajstić information content (AvgIpc) is 3.00. The summed E-state index contributed by atoms with van der Waals surface area (Å²) in [7, 11) is 0. The van der Waals surface area contributed by atoms with Gasteiger partial charge in [0.1, 0.15) is 6.33 Å². The third-order valence-corrected chi connectivity index (χ3v) is 4.61. The van der Waals surface area contributed by atoms with Crippen molar-refractivity contribution >= 4 is 23.4 Å². The summed E-state index contributed by atoms with van der Waals surface area (Å²) in [5.74, 6) is 0.832. The third-order valence-electron chi connectivity index (χ3n) is 3.63. The molecule has 22 heavy (non-hydrogen) atoms. The van der Waals surface area contributed by atoms with Crippen LogP contribution in [0.4, 0.5) is 5.69 Å². The number of amides is 1. The summed E-state index contributed by atoms with van der Waals surface area (Å²) >= 11 is 1.39. The Bertz CT molecular complexity index is 609. The molecule has 1 atom stereocenters. The predicted molar refractivity (Wildman–Crippen MR) is 90.2 cm³/mol. The second kappa shape index (κ2) is 7.98. The molecule has 5 nitrogen and oxygen atoms in total. The molecule has 0 bridgehead atoms. The van der Waals surface area contributed by atoms with Crippen LogP contribution in [0.25, 0.3) is 0 Å². The highest BCUT2D eigenvalue weighted by Gasteiger charge is 2.09. The number of nitrogens with one attached hydrogen (secondary N) is 1. The summed E-state index contributed by atoms with van der Waals surface area (Å²) in [5, 5.41) is 11.5. The lowest BCUT2D eigenvalue weighted by Gasteiger charge is -2.10. The minimum absolute atomic E-state index is 0.0352. The number of aromatic nitrogens is 3. The molecule has 1 aromatic carbocycles. The summed E-state index contributed by atoms with van der Waals surface area (Å²) in [5.41, 5.74) is 2.13. The number of nitrogens with zero attached hydrogens (tertiary/aromatic N) is 3. The maximum atomic E-state index is 12.0. The number of thioether (sulfide) groups is 1. The molecule has 1 heterocycles. The summed E-state index contributed by atoms with van der Waals surface area (Å²) in [6, 6.07) is 8.06. The van der Waals surface area contributed by atoms with Gasteiger partial charge >= 0.3 is 0 Å². The van der Waals surface area contributed by atoms with E-state index >= 15 is 0 Å². The van der Waals surface area contributed by atoms with Crippen LogP contribution in [0, 0.1) is 0 Å². The lowest BCUT2D eigenvalue weighted by atomic mass is 9.99. The molecule has 0 saturated heterocycles. The highest BCUT2D eigenvalue weighted by Crippen LogP contribution is 2.21. The molecule has 0 radical (unpaired) electrons. The van der Waals surface area contributed by atoms with E-state index in [0.29, 0.717) is 11.7 Å². The van der Waals surface area contributed by atoms with Gasteiger partial charge in [0, 0.05) is 12.2 Å². The first-order chi connectivity index (χ1) is 10.6. The second-order valence-corrected chi connectivity index (χ2v) is 6.11. The van der Waals surface area contributed by atoms with Crippen LogP contribution in [0.3, 0.4) is 0 Å². The van der Waals surface area contributed by atoms with Gasteiger partial charge in [-0.1, -0.05) is 37.7 Å². The first-order valence-corrected chi connectivity index (χ1v) is 8.53. The zero-order valence-corrected chi connectivity index (χ0v) is 14.1. The maximum absolute atomic E-state index is 12.0. The van der Waals surface area contributed by atoms with Crippen molar-refractivity contribution in [1.29, 1.82) is 0 Å². The molecule has 0 aliphatic carbocycles. The van der Waals surface area contributed by atoms with E-state index in [0.717, 1.165) is 23.8 Å². The third kappa shape index (κ3) is 4.34. The number of hydrogen-bond donors (Lipinski definition) is 1. The van der Waals surface area contributed by atoms with Crippen molar-refractivity contribution in [1.82, 2.24) is 14.8 Å². The van der Waals surface area contributed by atoms with E-state index in [1.54, 1.807) is 6.33 Å². The summed E-state index contributed by atoms with van der Waals surface area (Å²) < 4.78 is 1.92. The van der Waals surface area contributed by atoms with E-state index in [4.69, 9.17) is 0 Å². The fourth-order valence-electron chi connectivity index (χ4n) is 2.03. The van der Waals surface area contributed by atoms with Crippen molar-refractivity contribution in [3.63, 3.8) is 0 Å². The lowest BCUT2D eigenvalue weighted by Crippen LogP contribution is -2.14. The number of benzene rings is 1. The molecule has 2 aromatic rings. The fourth-order valence-corrected chi connectivity index (χ4v) is 2.81. The van der Waals surface area contributed by atoms with Crippen LogP contribution >= 0.6 is 11.8 Å². The van der Waals surface area contributed by atoms with E-state index in [1.807, 2.05) is 23.6 Å². The molecular formula is C16H22N4OS. The molecule has 0 spiro atoms. The summed E-state index contributed by atoms with van der Waals surface area (Å²) in [6.45, 7) is 7.20. The molecule has 0 fully saturated rings. The van der Waals surface area contributed by atoms with Gasteiger partial charge in [0.05, 0.1) is 5.75 Å². The molecule has 1 aromatic heterocycles. The highest BCUT2D eigenvalue weighted by molar-refractivity contribution is 7.99. The van der Waals surface area contributed by atoms with Crippen LogP contribution < -0.4 is 5.32 Å². The van der Waals surface area contributed by atoms with Crippen LogP contribution in [0.5, 0.6) is 0 Å². The Morgan fingerprint density at radius 3 is 2.68 bits per heavy atom. The van der Waals surface area contributed by atoms with Gasteiger partial charge in [0.2, 0.25) is 5.91 Å². The number of aryl methyl sites for hydroxylation is 1. The summed E-state index contributed by atoms with van der Waals surface area (Å²) in [4.78, 5) is 12.0. The van der Waals surface area contributed by atoms with Crippen LogP contribution in [-0.2, 0) is 11.3 Å². The smallest absolute Gasteiger partial charge is 0.234 e. The molecule has 118 valence electrons. The van der Waals surface area contributed by atoms with Gasteiger partial charge in [0.15, 0.2) is 5.16 Å². The Morgan fingerprint density at radius 1 is 1.32 bits per heavy atom. The van der Waals surface area contributed by atoms with Gasteiger partial charge < -0.3 is 9.88 Å². The van der Waals surface area contributed by atoms with Gasteiger partial charge in [-0.25, -0.2) is 0 Å². The summed E-state index contributed by atoms with van der Waals surface area (Å²) in [6.07, 6.45) is 2.79. The first kappa shape index (κ1) is 16.5. The monoisotopic (exact) mass is 318 g/mol. The van der Waals surface area contributed by atoms with Gasteiger partial charge in [-0.2, -0.15) is 0 Å². The predicted octanol–water partition coefficient (Wildman–Crippen LogP) is 3.54. The molecule has 6 heteroatoms. The zero-order chi connectivity index (χ0) is 15.9. The van der Waals surface area contributed by atoms with E-state index in [2.05, 4.69) is 41.5 Å². The Kier molecular flexibility index (Phi) is 6.00. The average molecular weight is 318 g/mol. The fraction of sp³-hybridized carbons (Fsp3) is 0.438. The van der Waals surface area contributed by atoms with Crippen molar-refractivity contribution in [2.45, 2.75) is 44.8 Å². The Hall–Kier alpha value is -1.82. The largest absolute Gasteiger partial charge is 0.325 e. The van der Waals surface area contributed by atoms with Crippen molar-refractivity contribution in [3.8, 4) is 0 Å². The minimum atomic E-state index is -0.0352. The Labute approximate surface area is 135 Å². The quantitative estimate of drug-likeness (QED) is 0.793. The van der Waals surface area contributed by atoms with Crippen molar-refractivity contribution < 1.29 is 4.79 Å². The van der Waals surface area contributed by atoms with E-state index in [1.165, 1.54) is 17.3 Å². The van der Waals surface area contributed by atoms with Gasteiger partial charge in [-0.15, -0.1) is 10.2 Å². The molecule has 0 aliphatic rings. The molecular weight excluding hydrogens is 296 g/mol. The molecule has 1 N–H and O–H groups in total. The Morgan fingerprint density at radius 2 is 2.05 bits per heavy atom. The number of anilines is 1. The van der Waals surface area contributed by atoms with E-state index in [-0.39, 0.29) is 5.91 Å². The normalized spacial score (nSPS) is 12.1.